The summed E-state index contributed by atoms with van der Waals surface area (Å²) < 4.78 is 7.52. The van der Waals surface area contributed by atoms with Gasteiger partial charge in [-0.05, 0) is 69.8 Å². The molecule has 0 amide bonds. The lowest BCUT2D eigenvalue weighted by molar-refractivity contribution is 0.440. The molecule has 2 aliphatic rings. The van der Waals surface area contributed by atoms with E-state index in [9.17, 15) is 0 Å². The Morgan fingerprint density at radius 2 is 0.676 bits per heavy atom. The fourth-order valence-electron chi connectivity index (χ4n) is 10.1. The maximum atomic E-state index is 7.52. The van der Waals surface area contributed by atoms with Crippen LogP contribution in [-0.4, -0.2) is 29.9 Å². The van der Waals surface area contributed by atoms with Crippen LogP contribution in [0.3, 0.4) is 0 Å². The summed E-state index contributed by atoms with van der Waals surface area (Å²) >= 11 is 0. The number of ether oxygens (including phenoxy) is 1. The van der Waals surface area contributed by atoms with Gasteiger partial charge in [0.1, 0.15) is 11.5 Å². The summed E-state index contributed by atoms with van der Waals surface area (Å²) in [7, 11) is 0. The second-order valence-electron chi connectivity index (χ2n) is 17.0. The zero-order valence-electron chi connectivity index (χ0n) is 36.5. The lowest BCUT2D eigenvalue weighted by Crippen LogP contribution is -2.32. The molecule has 318 valence electrons. The summed E-state index contributed by atoms with van der Waals surface area (Å²) in [6.07, 6.45) is 3.60. The molecule has 5 heterocycles. The van der Waals surface area contributed by atoms with E-state index in [0.29, 0.717) is 17.5 Å². The molecule has 0 unspecified atom stereocenters. The Hall–Kier alpha value is -9.20. The molecule has 0 radical (unpaired) electrons. The van der Waals surface area contributed by atoms with E-state index in [0.717, 1.165) is 84.3 Å². The van der Waals surface area contributed by atoms with E-state index in [1.807, 2.05) is 97.1 Å². The first-order chi connectivity index (χ1) is 33.7. The minimum atomic E-state index is -0.699. The lowest BCUT2D eigenvalue weighted by Gasteiger charge is -2.40. The van der Waals surface area contributed by atoms with Crippen LogP contribution < -0.4 is 4.74 Å². The van der Waals surface area contributed by atoms with Crippen LogP contribution in [0.5, 0.6) is 11.5 Å². The number of benzene rings is 7. The fourth-order valence-corrected chi connectivity index (χ4v) is 10.1. The van der Waals surface area contributed by atoms with Gasteiger partial charge in [-0.2, -0.15) is 0 Å². The zero-order valence-corrected chi connectivity index (χ0v) is 36.5. The van der Waals surface area contributed by atoms with Crippen molar-refractivity contribution in [2.75, 3.05) is 0 Å². The van der Waals surface area contributed by atoms with Crippen molar-refractivity contribution in [1.82, 2.24) is 29.9 Å². The van der Waals surface area contributed by atoms with Gasteiger partial charge in [-0.15, -0.1) is 0 Å². The minimum absolute atomic E-state index is 0.597. The summed E-state index contributed by atoms with van der Waals surface area (Å²) in [4.78, 5) is 29.5. The molecule has 7 nitrogen and oxygen atoms in total. The van der Waals surface area contributed by atoms with E-state index in [2.05, 4.69) is 121 Å². The Kier molecular flexibility index (Phi) is 9.25. The van der Waals surface area contributed by atoms with Gasteiger partial charge in [0.15, 0.2) is 17.5 Å². The van der Waals surface area contributed by atoms with Gasteiger partial charge in [0.2, 0.25) is 0 Å². The van der Waals surface area contributed by atoms with E-state index >= 15 is 0 Å². The van der Waals surface area contributed by atoms with Gasteiger partial charge in [-0.1, -0.05) is 182 Å². The molecular weight excluding hydrogens is 833 g/mol. The van der Waals surface area contributed by atoms with Gasteiger partial charge in [0.05, 0.1) is 28.2 Å². The first-order valence-corrected chi connectivity index (χ1v) is 22.7. The highest BCUT2D eigenvalue weighted by Gasteiger charge is 2.52. The summed E-state index contributed by atoms with van der Waals surface area (Å²) in [6.45, 7) is 0. The average molecular weight is 871 g/mol. The summed E-state index contributed by atoms with van der Waals surface area (Å²) in [5.41, 5.74) is 15.9. The molecule has 1 aliphatic heterocycles. The molecule has 0 saturated carbocycles. The normalized spacial score (nSPS) is 12.6. The van der Waals surface area contributed by atoms with Crippen molar-refractivity contribution < 1.29 is 4.74 Å². The molecule has 0 saturated heterocycles. The number of para-hydroxylation sites is 2. The average Bonchev–Trinajstić information content (AvgIpc) is 3.72. The number of pyridine rings is 3. The second kappa shape index (κ2) is 16.0. The molecule has 0 atom stereocenters. The van der Waals surface area contributed by atoms with Crippen molar-refractivity contribution in [3.63, 3.8) is 0 Å². The van der Waals surface area contributed by atoms with E-state index in [-0.39, 0.29) is 0 Å². The first kappa shape index (κ1) is 39.2. The SMILES string of the molecule is c1ccc(-c2nc(-c3ccccc3)nc(-c3ccc(-c4cccc5c4Oc4c(-c6cc(-c7ccccn7)nc(-c7ccccn7)c6)cccc4C54c5ccccc5-c5ccccc54)cc3)n2)cc1. The maximum absolute atomic E-state index is 7.52. The van der Waals surface area contributed by atoms with Crippen LogP contribution in [0.15, 0.2) is 231 Å². The molecule has 0 bridgehead atoms. The van der Waals surface area contributed by atoms with Gasteiger partial charge < -0.3 is 4.74 Å². The number of hydrogen-bond donors (Lipinski definition) is 0. The number of rotatable bonds is 7. The fraction of sp³-hybridized carbons (Fsp3) is 0.0164. The van der Waals surface area contributed by atoms with E-state index < -0.39 is 5.41 Å². The highest BCUT2D eigenvalue weighted by atomic mass is 16.5. The molecule has 7 heteroatoms. The number of nitrogens with zero attached hydrogens (tertiary/aromatic N) is 6. The predicted molar refractivity (Wildman–Crippen MR) is 269 cm³/mol. The highest BCUT2D eigenvalue weighted by Crippen LogP contribution is 2.64. The van der Waals surface area contributed by atoms with Crippen LogP contribution >= 0.6 is 0 Å². The third-order valence-electron chi connectivity index (χ3n) is 13.1. The number of aromatic nitrogens is 6. The Morgan fingerprint density at radius 3 is 1.16 bits per heavy atom. The standard InChI is InChI=1S/C61H38N6O/c1-3-17-40(18-4-1)58-65-59(41-19-5-2-6-20-41)67-60(66-58)42-33-31-39(32-34-42)44-23-15-27-50-56(44)68-57-45(43-37-54(52-29-11-13-35-62-52)64-55(38-43)53-30-12-14-36-63-53)24-16-28-51(57)61(50)48-25-9-7-21-46(48)47-22-8-10-26-49(47)61/h1-38H. The topological polar surface area (TPSA) is 86.6 Å². The molecular formula is C61H38N6O. The van der Waals surface area contributed by atoms with E-state index in [4.69, 9.17) is 34.6 Å². The Bertz CT molecular complexity index is 3530. The van der Waals surface area contributed by atoms with Crippen LogP contribution in [0.2, 0.25) is 0 Å². The predicted octanol–water partition coefficient (Wildman–Crippen LogP) is 14.2. The Balaban J connectivity index is 1.01. The van der Waals surface area contributed by atoms with Gasteiger partial charge in [-0.3, -0.25) is 9.97 Å². The van der Waals surface area contributed by atoms with Gasteiger partial charge in [0.25, 0.3) is 0 Å². The molecule has 1 aliphatic carbocycles. The van der Waals surface area contributed by atoms with E-state index in [1.54, 1.807) is 12.4 Å². The number of hydrogen-bond acceptors (Lipinski definition) is 7. The van der Waals surface area contributed by atoms with Crippen molar-refractivity contribution in [2.45, 2.75) is 5.41 Å². The molecule has 1 spiro atoms. The van der Waals surface area contributed by atoms with Crippen molar-refractivity contribution in [3.05, 3.63) is 253 Å². The molecule has 7 aromatic carbocycles. The van der Waals surface area contributed by atoms with Crippen LogP contribution in [0, 0.1) is 0 Å². The molecule has 0 fully saturated rings. The lowest BCUT2D eigenvalue weighted by atomic mass is 9.65. The van der Waals surface area contributed by atoms with Crippen molar-refractivity contribution >= 4 is 0 Å². The van der Waals surface area contributed by atoms with Crippen molar-refractivity contribution in [1.29, 1.82) is 0 Å². The maximum Gasteiger partial charge on any atom is 0.164 e. The quantitative estimate of drug-likeness (QED) is 0.158. The van der Waals surface area contributed by atoms with Crippen LogP contribution in [0.4, 0.5) is 0 Å². The van der Waals surface area contributed by atoms with Gasteiger partial charge in [-0.25, -0.2) is 19.9 Å². The van der Waals surface area contributed by atoms with Crippen LogP contribution in [0.25, 0.3) is 90.3 Å². The van der Waals surface area contributed by atoms with Gasteiger partial charge in [0, 0.05) is 51.3 Å². The molecule has 4 aromatic heterocycles. The molecule has 11 aromatic rings. The first-order valence-electron chi connectivity index (χ1n) is 22.7. The molecule has 68 heavy (non-hydrogen) atoms. The molecule has 0 N–H and O–H groups in total. The minimum Gasteiger partial charge on any atom is -0.455 e. The number of fused-ring (bicyclic) bond motifs is 9. The van der Waals surface area contributed by atoms with E-state index in [1.165, 1.54) is 22.3 Å². The smallest absolute Gasteiger partial charge is 0.164 e. The second-order valence-corrected chi connectivity index (χ2v) is 17.0. The Morgan fingerprint density at radius 1 is 0.279 bits per heavy atom. The van der Waals surface area contributed by atoms with Gasteiger partial charge >= 0.3 is 0 Å². The van der Waals surface area contributed by atoms with Crippen LogP contribution in [-0.2, 0) is 5.41 Å². The Labute approximate surface area is 393 Å². The summed E-state index contributed by atoms with van der Waals surface area (Å²) in [5, 5.41) is 0. The van der Waals surface area contributed by atoms with Crippen molar-refractivity contribution in [2.24, 2.45) is 0 Å². The molecule has 13 rings (SSSR count). The zero-order chi connectivity index (χ0) is 45.0. The third kappa shape index (κ3) is 6.36. The van der Waals surface area contributed by atoms with Crippen LogP contribution in [0.1, 0.15) is 22.3 Å². The third-order valence-corrected chi connectivity index (χ3v) is 13.1. The monoisotopic (exact) mass is 870 g/mol. The highest BCUT2D eigenvalue weighted by molar-refractivity contribution is 5.93. The summed E-state index contributed by atoms with van der Waals surface area (Å²) in [6, 6.07) is 75.4. The van der Waals surface area contributed by atoms with Crippen molar-refractivity contribution in [3.8, 4) is 102 Å². The largest absolute Gasteiger partial charge is 0.455 e. The summed E-state index contributed by atoms with van der Waals surface area (Å²) in [5.74, 6) is 3.42.